The first-order valence-corrected chi connectivity index (χ1v) is 4.37. The van der Waals surface area contributed by atoms with Crippen molar-refractivity contribution in [2.75, 3.05) is 19.6 Å². The average Bonchev–Trinajstić information content (AvgIpc) is 1.80. The predicted octanol–water partition coefficient (Wildman–Crippen LogP) is 0.122. The molecule has 0 bridgehead atoms. The summed E-state index contributed by atoms with van der Waals surface area (Å²) in [6.07, 6.45) is -0.948. The quantitative estimate of drug-likeness (QED) is 0.519. The molecule has 0 saturated carbocycles. The third-order valence-electron chi connectivity index (χ3n) is 1.45. The van der Waals surface area contributed by atoms with Crippen LogP contribution in [0.1, 0.15) is 13.8 Å². The van der Waals surface area contributed by atoms with Crippen LogP contribution in [0.2, 0.25) is 0 Å². The fraction of sp³-hybridized carbons (Fsp3) is 0.778. The molecule has 0 rings (SSSR count). The predicted molar refractivity (Wildman–Crippen MR) is 51.6 cm³/mol. The molecule has 0 aromatic rings. The van der Waals surface area contributed by atoms with Gasteiger partial charge in [0, 0.05) is 13.1 Å². The number of rotatable bonds is 6. The molecule has 0 radical (unpaired) electrons. The van der Waals surface area contributed by atoms with Crippen LogP contribution in [-0.4, -0.2) is 52.1 Å². The zero-order valence-corrected chi connectivity index (χ0v) is 8.27. The van der Waals surface area contributed by atoms with Crippen LogP contribution in [0, 0.1) is 0 Å². The Morgan fingerprint density at radius 2 is 1.62 bits per heavy atom. The lowest BCUT2D eigenvalue weighted by atomic mass is 10.3. The Morgan fingerprint density at radius 1 is 1.23 bits per heavy atom. The first-order chi connectivity index (χ1) is 5.91. The van der Waals surface area contributed by atoms with Crippen LogP contribution in [0.5, 0.6) is 0 Å². The Hall–Kier alpha value is -0.580. The van der Waals surface area contributed by atoms with Gasteiger partial charge in [-0.15, -0.1) is 0 Å². The lowest BCUT2D eigenvalue weighted by Crippen LogP contribution is -2.37. The molecule has 0 saturated heterocycles. The van der Waals surface area contributed by atoms with Crippen LogP contribution < -0.4 is 0 Å². The Morgan fingerprint density at radius 3 is 1.85 bits per heavy atom. The van der Waals surface area contributed by atoms with Gasteiger partial charge in [-0.25, -0.2) is 0 Å². The van der Waals surface area contributed by atoms with Crippen molar-refractivity contribution < 1.29 is 15.3 Å². The monoisotopic (exact) mass is 189 g/mol. The molecule has 0 aromatic carbocycles. The molecule has 2 unspecified atom stereocenters. The molecular formula is C9H19NO3. The number of aliphatic hydroxyl groups is 3. The average molecular weight is 189 g/mol. The molecule has 78 valence electrons. The van der Waals surface area contributed by atoms with Crippen molar-refractivity contribution in [3.8, 4) is 0 Å². The van der Waals surface area contributed by atoms with E-state index < -0.39 is 12.2 Å². The minimum atomic E-state index is -0.474. The van der Waals surface area contributed by atoms with Crippen LogP contribution in [0.3, 0.4) is 0 Å². The summed E-state index contributed by atoms with van der Waals surface area (Å²) in [7, 11) is 0. The van der Waals surface area contributed by atoms with Crippen molar-refractivity contribution in [1.29, 1.82) is 0 Å². The van der Waals surface area contributed by atoms with Gasteiger partial charge in [-0.05, 0) is 13.8 Å². The topological polar surface area (TPSA) is 63.9 Å². The standard InChI is InChI=1S/C9H19NO3/c1-7(11)4-10(5-8(2)12)6-9(3)13/h8-9,11-13H,1,4-6H2,2-3H3. The van der Waals surface area contributed by atoms with E-state index in [1.807, 2.05) is 0 Å². The molecule has 0 aromatic heterocycles. The highest BCUT2D eigenvalue weighted by Gasteiger charge is 2.11. The molecule has 0 spiro atoms. The van der Waals surface area contributed by atoms with E-state index in [9.17, 15) is 0 Å². The molecule has 0 aliphatic carbocycles. The fourth-order valence-corrected chi connectivity index (χ4v) is 1.21. The minimum Gasteiger partial charge on any atom is -0.512 e. The van der Waals surface area contributed by atoms with Crippen molar-refractivity contribution in [2.24, 2.45) is 0 Å². The van der Waals surface area contributed by atoms with Gasteiger partial charge in [0.15, 0.2) is 0 Å². The zero-order chi connectivity index (χ0) is 10.4. The van der Waals surface area contributed by atoms with Gasteiger partial charge in [0.05, 0.1) is 24.5 Å². The highest BCUT2D eigenvalue weighted by atomic mass is 16.3. The normalized spacial score (nSPS) is 15.8. The van der Waals surface area contributed by atoms with E-state index in [-0.39, 0.29) is 12.3 Å². The molecule has 0 aliphatic rings. The largest absolute Gasteiger partial charge is 0.512 e. The molecule has 0 fully saturated rings. The second-order valence-corrected chi connectivity index (χ2v) is 3.46. The van der Waals surface area contributed by atoms with Gasteiger partial charge < -0.3 is 15.3 Å². The van der Waals surface area contributed by atoms with E-state index in [2.05, 4.69) is 6.58 Å². The molecular weight excluding hydrogens is 170 g/mol. The lowest BCUT2D eigenvalue weighted by molar-refractivity contribution is 0.0832. The van der Waals surface area contributed by atoms with E-state index in [0.717, 1.165) is 0 Å². The zero-order valence-electron chi connectivity index (χ0n) is 8.27. The summed E-state index contributed by atoms with van der Waals surface area (Å²) in [4.78, 5) is 1.75. The van der Waals surface area contributed by atoms with Crippen LogP contribution in [0.25, 0.3) is 0 Å². The Bertz CT molecular complexity index is 147. The van der Waals surface area contributed by atoms with E-state index in [4.69, 9.17) is 15.3 Å². The maximum atomic E-state index is 9.11. The first kappa shape index (κ1) is 12.4. The van der Waals surface area contributed by atoms with E-state index in [1.165, 1.54) is 0 Å². The van der Waals surface area contributed by atoms with Crippen molar-refractivity contribution in [2.45, 2.75) is 26.1 Å². The Kier molecular flexibility index (Phi) is 5.70. The molecule has 0 heterocycles. The SMILES string of the molecule is C=C(O)CN(CC(C)O)CC(C)O. The molecule has 0 aliphatic heterocycles. The van der Waals surface area contributed by atoms with E-state index in [1.54, 1.807) is 18.7 Å². The van der Waals surface area contributed by atoms with Gasteiger partial charge in [0.25, 0.3) is 0 Å². The van der Waals surface area contributed by atoms with Crippen molar-refractivity contribution in [3.63, 3.8) is 0 Å². The second-order valence-electron chi connectivity index (χ2n) is 3.46. The maximum Gasteiger partial charge on any atom is 0.0991 e. The maximum absolute atomic E-state index is 9.11. The highest BCUT2D eigenvalue weighted by Crippen LogP contribution is 1.98. The van der Waals surface area contributed by atoms with Gasteiger partial charge in [0.1, 0.15) is 0 Å². The molecule has 13 heavy (non-hydrogen) atoms. The summed E-state index contributed by atoms with van der Waals surface area (Å²) >= 11 is 0. The Balaban J connectivity index is 3.95. The van der Waals surface area contributed by atoms with Gasteiger partial charge in [-0.2, -0.15) is 0 Å². The highest BCUT2D eigenvalue weighted by molar-refractivity contribution is 4.84. The van der Waals surface area contributed by atoms with Crippen LogP contribution in [-0.2, 0) is 0 Å². The van der Waals surface area contributed by atoms with Gasteiger partial charge >= 0.3 is 0 Å². The molecule has 4 heteroatoms. The summed E-state index contributed by atoms with van der Waals surface area (Å²) < 4.78 is 0. The van der Waals surface area contributed by atoms with Gasteiger partial charge in [-0.1, -0.05) is 6.58 Å². The summed E-state index contributed by atoms with van der Waals surface area (Å²) in [5.74, 6) is 0.0429. The molecule has 4 nitrogen and oxygen atoms in total. The fourth-order valence-electron chi connectivity index (χ4n) is 1.21. The summed E-state index contributed by atoms with van der Waals surface area (Å²) in [6, 6.07) is 0. The summed E-state index contributed by atoms with van der Waals surface area (Å²) in [5.41, 5.74) is 0. The van der Waals surface area contributed by atoms with Crippen molar-refractivity contribution in [1.82, 2.24) is 4.90 Å². The molecule has 0 amide bonds. The molecule has 3 N–H and O–H groups in total. The minimum absolute atomic E-state index is 0.0429. The second kappa shape index (κ2) is 5.96. The third kappa shape index (κ3) is 7.77. The number of hydrogen-bond acceptors (Lipinski definition) is 4. The van der Waals surface area contributed by atoms with E-state index in [0.29, 0.717) is 13.1 Å². The van der Waals surface area contributed by atoms with Crippen molar-refractivity contribution >= 4 is 0 Å². The summed E-state index contributed by atoms with van der Waals surface area (Å²) in [5, 5.41) is 27.2. The lowest BCUT2D eigenvalue weighted by Gasteiger charge is -2.24. The molecule has 2 atom stereocenters. The van der Waals surface area contributed by atoms with Crippen LogP contribution in [0.15, 0.2) is 12.3 Å². The summed E-state index contributed by atoms with van der Waals surface area (Å²) in [6.45, 7) is 7.81. The number of nitrogens with zero attached hydrogens (tertiary/aromatic N) is 1. The number of aliphatic hydroxyl groups excluding tert-OH is 3. The van der Waals surface area contributed by atoms with Gasteiger partial charge in [-0.3, -0.25) is 4.90 Å². The van der Waals surface area contributed by atoms with E-state index >= 15 is 0 Å². The van der Waals surface area contributed by atoms with Crippen LogP contribution >= 0.6 is 0 Å². The van der Waals surface area contributed by atoms with Gasteiger partial charge in [0.2, 0.25) is 0 Å². The third-order valence-corrected chi connectivity index (χ3v) is 1.45. The first-order valence-electron chi connectivity index (χ1n) is 4.37. The van der Waals surface area contributed by atoms with Crippen LogP contribution in [0.4, 0.5) is 0 Å². The smallest absolute Gasteiger partial charge is 0.0991 e. The Labute approximate surface area is 79.1 Å². The van der Waals surface area contributed by atoms with Crippen molar-refractivity contribution in [3.05, 3.63) is 12.3 Å². The number of hydrogen-bond donors (Lipinski definition) is 3.